The van der Waals surface area contributed by atoms with Crippen LogP contribution >= 0.6 is 23.2 Å². The summed E-state index contributed by atoms with van der Waals surface area (Å²) in [6.45, 7) is 0.153. The molecule has 2 aromatic rings. The summed E-state index contributed by atoms with van der Waals surface area (Å²) in [7, 11) is 0. The van der Waals surface area contributed by atoms with Gasteiger partial charge in [0.15, 0.2) is 10.8 Å². The molecule has 92 valence electrons. The largest absolute Gasteiger partial charge is 0.456 e. The third-order valence-electron chi connectivity index (χ3n) is 2.11. The van der Waals surface area contributed by atoms with Crippen molar-refractivity contribution in [2.75, 3.05) is 0 Å². The monoisotopic (exact) mass is 282 g/mol. The molecule has 0 saturated heterocycles. The highest BCUT2D eigenvalue weighted by molar-refractivity contribution is 6.34. The molecule has 0 spiro atoms. The van der Waals surface area contributed by atoms with Crippen molar-refractivity contribution in [3.8, 4) is 0 Å². The Balaban J connectivity index is 2.04. The Morgan fingerprint density at radius 3 is 2.61 bits per heavy atom. The highest BCUT2D eigenvalue weighted by Gasteiger charge is 2.15. The van der Waals surface area contributed by atoms with Gasteiger partial charge in [0.2, 0.25) is 0 Å². The van der Waals surface area contributed by atoms with E-state index < -0.39 is 5.97 Å². The molecule has 0 atom stereocenters. The lowest BCUT2D eigenvalue weighted by molar-refractivity contribution is 0.0465. The molecule has 1 heterocycles. The van der Waals surface area contributed by atoms with E-state index in [0.29, 0.717) is 0 Å². The topological polar surface area (TPSA) is 52.1 Å². The summed E-state index contributed by atoms with van der Waals surface area (Å²) in [5.41, 5.74) is 0.834. The van der Waals surface area contributed by atoms with E-state index in [9.17, 15) is 4.79 Å². The summed E-state index contributed by atoms with van der Waals surface area (Å²) < 4.78 is 5.07. The molecule has 0 aliphatic carbocycles. The molecule has 0 saturated carbocycles. The summed E-state index contributed by atoms with van der Waals surface area (Å²) >= 11 is 11.3. The fraction of sp³-hybridized carbons (Fsp3) is 0.0833. The van der Waals surface area contributed by atoms with Gasteiger partial charge in [-0.3, -0.25) is 0 Å². The Hall–Kier alpha value is -1.65. The second-order valence-electron chi connectivity index (χ2n) is 3.39. The van der Waals surface area contributed by atoms with E-state index in [1.165, 1.54) is 6.20 Å². The van der Waals surface area contributed by atoms with E-state index in [4.69, 9.17) is 27.9 Å². The number of esters is 1. The normalized spacial score (nSPS) is 10.1. The van der Waals surface area contributed by atoms with Crippen molar-refractivity contribution in [1.29, 1.82) is 0 Å². The first-order chi connectivity index (χ1) is 8.66. The van der Waals surface area contributed by atoms with Crippen molar-refractivity contribution in [3.63, 3.8) is 0 Å². The molecule has 2 rings (SSSR count). The maximum absolute atomic E-state index is 11.7. The molecular formula is C12H8Cl2N2O2. The number of carbonyl (C=O) groups is 1. The van der Waals surface area contributed by atoms with Crippen molar-refractivity contribution in [2.24, 2.45) is 0 Å². The SMILES string of the molecule is O=C(OCc1ccccc1)c1ncc(Cl)nc1Cl. The zero-order valence-corrected chi connectivity index (χ0v) is 10.6. The molecule has 1 aromatic heterocycles. The van der Waals surface area contributed by atoms with Crippen molar-refractivity contribution in [1.82, 2.24) is 9.97 Å². The van der Waals surface area contributed by atoms with Gasteiger partial charge < -0.3 is 4.74 Å². The molecule has 1 aromatic carbocycles. The third kappa shape index (κ3) is 3.18. The van der Waals surface area contributed by atoms with Gasteiger partial charge in [-0.25, -0.2) is 14.8 Å². The fourth-order valence-electron chi connectivity index (χ4n) is 1.28. The van der Waals surface area contributed by atoms with Crippen LogP contribution in [-0.4, -0.2) is 15.9 Å². The summed E-state index contributed by atoms with van der Waals surface area (Å²) in [6, 6.07) is 9.30. The summed E-state index contributed by atoms with van der Waals surface area (Å²) in [5.74, 6) is -0.631. The highest BCUT2D eigenvalue weighted by atomic mass is 35.5. The van der Waals surface area contributed by atoms with Gasteiger partial charge in [-0.1, -0.05) is 53.5 Å². The van der Waals surface area contributed by atoms with Crippen LogP contribution in [0, 0.1) is 0 Å². The van der Waals surface area contributed by atoms with E-state index in [0.717, 1.165) is 5.56 Å². The predicted octanol–water partition coefficient (Wildman–Crippen LogP) is 3.14. The molecule has 0 bridgehead atoms. The number of carbonyl (C=O) groups excluding carboxylic acids is 1. The van der Waals surface area contributed by atoms with Gasteiger partial charge in [0, 0.05) is 0 Å². The summed E-state index contributed by atoms with van der Waals surface area (Å²) in [6.07, 6.45) is 1.24. The lowest BCUT2D eigenvalue weighted by atomic mass is 10.2. The van der Waals surface area contributed by atoms with Gasteiger partial charge >= 0.3 is 5.97 Å². The number of hydrogen-bond acceptors (Lipinski definition) is 4. The Kier molecular flexibility index (Phi) is 4.12. The fourth-order valence-corrected chi connectivity index (χ4v) is 1.67. The van der Waals surface area contributed by atoms with E-state index in [-0.39, 0.29) is 22.6 Å². The lowest BCUT2D eigenvalue weighted by Gasteiger charge is -2.05. The van der Waals surface area contributed by atoms with Crippen LogP contribution < -0.4 is 0 Å². The van der Waals surface area contributed by atoms with Crippen LogP contribution in [0.2, 0.25) is 10.3 Å². The highest BCUT2D eigenvalue weighted by Crippen LogP contribution is 2.15. The number of benzene rings is 1. The van der Waals surface area contributed by atoms with Gasteiger partial charge in [-0.15, -0.1) is 0 Å². The number of nitrogens with zero attached hydrogens (tertiary/aromatic N) is 2. The number of ether oxygens (including phenoxy) is 1. The van der Waals surface area contributed by atoms with Gasteiger partial charge in [0.1, 0.15) is 11.8 Å². The molecule has 0 aliphatic rings. The van der Waals surface area contributed by atoms with Crippen LogP contribution in [-0.2, 0) is 11.3 Å². The maximum Gasteiger partial charge on any atom is 0.360 e. The number of hydrogen-bond donors (Lipinski definition) is 0. The molecule has 0 aliphatic heterocycles. The van der Waals surface area contributed by atoms with Crippen molar-refractivity contribution < 1.29 is 9.53 Å². The quantitative estimate of drug-likeness (QED) is 0.812. The van der Waals surface area contributed by atoms with E-state index in [2.05, 4.69) is 9.97 Å². The number of aromatic nitrogens is 2. The Bertz CT molecular complexity index is 561. The first kappa shape index (κ1) is 12.8. The van der Waals surface area contributed by atoms with Crippen LogP contribution in [0.15, 0.2) is 36.5 Å². The molecule has 0 amide bonds. The zero-order chi connectivity index (χ0) is 13.0. The Morgan fingerprint density at radius 1 is 1.22 bits per heavy atom. The Morgan fingerprint density at radius 2 is 1.94 bits per heavy atom. The predicted molar refractivity (Wildman–Crippen MR) is 67.6 cm³/mol. The van der Waals surface area contributed by atoms with Crippen molar-refractivity contribution >= 4 is 29.2 Å². The third-order valence-corrected chi connectivity index (χ3v) is 2.55. The van der Waals surface area contributed by atoms with Crippen LogP contribution in [0.4, 0.5) is 0 Å². The van der Waals surface area contributed by atoms with Crippen molar-refractivity contribution in [3.05, 3.63) is 58.1 Å². The molecule has 4 nitrogen and oxygen atoms in total. The van der Waals surface area contributed by atoms with Crippen molar-refractivity contribution in [2.45, 2.75) is 6.61 Å². The second-order valence-corrected chi connectivity index (χ2v) is 4.14. The first-order valence-corrected chi connectivity index (χ1v) is 5.81. The van der Waals surface area contributed by atoms with Gasteiger partial charge in [-0.05, 0) is 5.56 Å². The summed E-state index contributed by atoms with van der Waals surface area (Å²) in [5, 5.41) is 0.0557. The number of halogens is 2. The molecule has 0 radical (unpaired) electrons. The maximum atomic E-state index is 11.7. The average Bonchev–Trinajstić information content (AvgIpc) is 2.37. The van der Waals surface area contributed by atoms with E-state index in [1.807, 2.05) is 30.3 Å². The smallest absolute Gasteiger partial charge is 0.360 e. The van der Waals surface area contributed by atoms with Crippen LogP contribution in [0.1, 0.15) is 16.1 Å². The molecule has 18 heavy (non-hydrogen) atoms. The van der Waals surface area contributed by atoms with Crippen LogP contribution in [0.3, 0.4) is 0 Å². The molecule has 0 fully saturated rings. The van der Waals surface area contributed by atoms with Crippen LogP contribution in [0.5, 0.6) is 0 Å². The average molecular weight is 283 g/mol. The zero-order valence-electron chi connectivity index (χ0n) is 9.14. The van der Waals surface area contributed by atoms with Gasteiger partial charge in [-0.2, -0.15) is 0 Å². The van der Waals surface area contributed by atoms with Crippen LogP contribution in [0.25, 0.3) is 0 Å². The second kappa shape index (κ2) is 5.80. The molecule has 0 N–H and O–H groups in total. The minimum absolute atomic E-state index is 0.0444. The molecule has 6 heteroatoms. The summed E-state index contributed by atoms with van der Waals surface area (Å²) in [4.78, 5) is 19.2. The molecule has 0 unspecified atom stereocenters. The lowest BCUT2D eigenvalue weighted by Crippen LogP contribution is -2.09. The molecular weight excluding hydrogens is 275 g/mol. The van der Waals surface area contributed by atoms with E-state index in [1.54, 1.807) is 0 Å². The van der Waals surface area contributed by atoms with Gasteiger partial charge in [0.05, 0.1) is 6.20 Å². The minimum atomic E-state index is -0.631. The van der Waals surface area contributed by atoms with Gasteiger partial charge in [0.25, 0.3) is 0 Å². The number of rotatable bonds is 3. The Labute approximate surface area is 114 Å². The van der Waals surface area contributed by atoms with E-state index >= 15 is 0 Å². The minimum Gasteiger partial charge on any atom is -0.456 e. The standard InChI is InChI=1S/C12H8Cl2N2O2/c13-9-6-15-10(11(14)16-9)12(17)18-7-8-4-2-1-3-5-8/h1-6H,7H2. The first-order valence-electron chi connectivity index (χ1n) is 5.06.